The Labute approximate surface area is 108 Å². The number of rotatable bonds is 3. The third kappa shape index (κ3) is 3.29. The molecule has 1 amide bonds. The van der Waals surface area contributed by atoms with E-state index in [1.807, 2.05) is 19.9 Å². The predicted octanol–water partition coefficient (Wildman–Crippen LogP) is 1.98. The normalized spacial score (nSPS) is 12.4. The van der Waals surface area contributed by atoms with Crippen molar-refractivity contribution in [2.24, 2.45) is 0 Å². The molecule has 0 atom stereocenters. The number of aromatic nitrogens is 1. The molecular formula is C14H22N2O2. The van der Waals surface area contributed by atoms with Gasteiger partial charge in [-0.15, -0.1) is 0 Å². The molecule has 0 saturated heterocycles. The van der Waals surface area contributed by atoms with Crippen LogP contribution in [0.15, 0.2) is 12.1 Å². The second-order valence-electron chi connectivity index (χ2n) is 5.81. The third-order valence-electron chi connectivity index (χ3n) is 3.29. The molecule has 0 aromatic carbocycles. The zero-order valence-electron chi connectivity index (χ0n) is 12.0. The van der Waals surface area contributed by atoms with E-state index < -0.39 is 11.1 Å². The summed E-state index contributed by atoms with van der Waals surface area (Å²) < 4.78 is 0. The molecule has 1 rings (SSSR count). The fourth-order valence-electron chi connectivity index (χ4n) is 1.46. The zero-order valence-corrected chi connectivity index (χ0v) is 12.0. The van der Waals surface area contributed by atoms with Gasteiger partial charge in [-0.1, -0.05) is 0 Å². The lowest BCUT2D eigenvalue weighted by Crippen LogP contribution is -2.57. The Morgan fingerprint density at radius 1 is 1.22 bits per heavy atom. The monoisotopic (exact) mass is 250 g/mol. The number of aryl methyl sites for hydroxylation is 2. The topological polar surface area (TPSA) is 62.2 Å². The Morgan fingerprint density at radius 2 is 1.78 bits per heavy atom. The number of amides is 1. The molecule has 0 aliphatic rings. The first-order valence-electron chi connectivity index (χ1n) is 6.03. The highest BCUT2D eigenvalue weighted by Gasteiger charge is 2.36. The van der Waals surface area contributed by atoms with Crippen molar-refractivity contribution in [2.75, 3.05) is 0 Å². The lowest BCUT2D eigenvalue weighted by Gasteiger charge is -2.37. The van der Waals surface area contributed by atoms with Gasteiger partial charge in [0.25, 0.3) is 5.91 Å². The van der Waals surface area contributed by atoms with Crippen LogP contribution >= 0.6 is 0 Å². The predicted molar refractivity (Wildman–Crippen MR) is 71.6 cm³/mol. The summed E-state index contributed by atoms with van der Waals surface area (Å²) in [5.74, 6) is -0.270. The van der Waals surface area contributed by atoms with Crippen molar-refractivity contribution in [3.8, 4) is 0 Å². The smallest absolute Gasteiger partial charge is 0.270 e. The van der Waals surface area contributed by atoms with Crippen molar-refractivity contribution >= 4 is 5.91 Å². The van der Waals surface area contributed by atoms with Gasteiger partial charge in [-0.2, -0.15) is 0 Å². The highest BCUT2D eigenvalue weighted by Crippen LogP contribution is 2.21. The molecular weight excluding hydrogens is 228 g/mol. The Bertz CT molecular complexity index is 439. The molecule has 0 radical (unpaired) electrons. The van der Waals surface area contributed by atoms with Gasteiger partial charge in [-0.05, 0) is 59.2 Å². The van der Waals surface area contributed by atoms with Crippen LogP contribution in [-0.2, 0) is 0 Å². The fraction of sp³-hybridized carbons (Fsp3) is 0.571. The first-order chi connectivity index (χ1) is 8.03. The lowest BCUT2D eigenvalue weighted by atomic mass is 9.86. The Kier molecular flexibility index (Phi) is 3.81. The second-order valence-corrected chi connectivity index (χ2v) is 5.81. The average molecular weight is 250 g/mol. The number of nitrogens with zero attached hydrogens (tertiary/aromatic N) is 1. The van der Waals surface area contributed by atoms with Crippen LogP contribution in [0, 0.1) is 13.8 Å². The highest BCUT2D eigenvalue weighted by molar-refractivity contribution is 5.93. The minimum absolute atomic E-state index is 0.270. The SMILES string of the molecule is Cc1cc(C)nc(C(=O)NC(C)(C)C(C)(C)O)c1. The van der Waals surface area contributed by atoms with Crippen molar-refractivity contribution < 1.29 is 9.90 Å². The molecule has 1 aromatic rings. The molecule has 0 aliphatic heterocycles. The Hall–Kier alpha value is -1.42. The van der Waals surface area contributed by atoms with E-state index in [1.54, 1.807) is 33.8 Å². The van der Waals surface area contributed by atoms with Gasteiger partial charge in [0.1, 0.15) is 5.69 Å². The molecule has 2 N–H and O–H groups in total. The van der Waals surface area contributed by atoms with Crippen LogP contribution in [0.25, 0.3) is 0 Å². The number of carbonyl (C=O) groups excluding carboxylic acids is 1. The van der Waals surface area contributed by atoms with Crippen LogP contribution < -0.4 is 5.32 Å². The van der Waals surface area contributed by atoms with Gasteiger partial charge in [-0.25, -0.2) is 4.98 Å². The van der Waals surface area contributed by atoms with Crippen molar-refractivity contribution in [2.45, 2.75) is 52.7 Å². The summed E-state index contributed by atoms with van der Waals surface area (Å²) in [5, 5.41) is 12.8. The maximum absolute atomic E-state index is 12.1. The Balaban J connectivity index is 2.96. The van der Waals surface area contributed by atoms with Gasteiger partial charge < -0.3 is 10.4 Å². The molecule has 0 saturated carbocycles. The van der Waals surface area contributed by atoms with Crippen molar-refractivity contribution in [3.05, 3.63) is 29.1 Å². The zero-order chi connectivity index (χ0) is 14.1. The molecule has 0 aliphatic carbocycles. The van der Waals surface area contributed by atoms with Crippen LogP contribution in [0.5, 0.6) is 0 Å². The van der Waals surface area contributed by atoms with Crippen LogP contribution in [0.3, 0.4) is 0 Å². The van der Waals surface area contributed by atoms with Crippen LogP contribution in [0.4, 0.5) is 0 Å². The molecule has 18 heavy (non-hydrogen) atoms. The van der Waals surface area contributed by atoms with E-state index in [9.17, 15) is 9.90 Å². The molecule has 100 valence electrons. The van der Waals surface area contributed by atoms with Crippen LogP contribution in [0.2, 0.25) is 0 Å². The third-order valence-corrected chi connectivity index (χ3v) is 3.29. The van der Waals surface area contributed by atoms with Crippen molar-refractivity contribution in [3.63, 3.8) is 0 Å². The van der Waals surface area contributed by atoms with Gasteiger partial charge in [0, 0.05) is 5.69 Å². The molecule has 0 bridgehead atoms. The average Bonchev–Trinajstić information content (AvgIpc) is 2.13. The van der Waals surface area contributed by atoms with Gasteiger partial charge >= 0.3 is 0 Å². The summed E-state index contributed by atoms with van der Waals surface area (Å²) in [6.45, 7) is 10.7. The van der Waals surface area contributed by atoms with Gasteiger partial charge in [0.2, 0.25) is 0 Å². The summed E-state index contributed by atoms with van der Waals surface area (Å²) in [7, 11) is 0. The first-order valence-corrected chi connectivity index (χ1v) is 6.03. The van der Waals surface area contributed by atoms with Gasteiger partial charge in [0.15, 0.2) is 0 Å². The largest absolute Gasteiger partial charge is 0.388 e. The van der Waals surface area contributed by atoms with Crippen LogP contribution in [-0.4, -0.2) is 27.1 Å². The molecule has 4 heteroatoms. The molecule has 0 spiro atoms. The molecule has 4 nitrogen and oxygen atoms in total. The number of aliphatic hydroxyl groups is 1. The maximum Gasteiger partial charge on any atom is 0.270 e. The minimum atomic E-state index is -1.01. The quantitative estimate of drug-likeness (QED) is 0.862. The standard InChI is InChI=1S/C14H22N2O2/c1-9-7-10(2)15-11(8-9)12(17)16-13(3,4)14(5,6)18/h7-8,18H,1-6H3,(H,16,17). The van der Waals surface area contributed by atoms with E-state index >= 15 is 0 Å². The molecule has 1 heterocycles. The van der Waals surface area contributed by atoms with E-state index in [4.69, 9.17) is 0 Å². The van der Waals surface area contributed by atoms with Crippen molar-refractivity contribution in [1.82, 2.24) is 10.3 Å². The molecule has 0 fully saturated rings. The highest BCUT2D eigenvalue weighted by atomic mass is 16.3. The number of hydrogen-bond donors (Lipinski definition) is 2. The first kappa shape index (κ1) is 14.6. The van der Waals surface area contributed by atoms with Crippen LogP contribution in [0.1, 0.15) is 49.4 Å². The lowest BCUT2D eigenvalue weighted by molar-refractivity contribution is -0.00302. The summed E-state index contributed by atoms with van der Waals surface area (Å²) >= 11 is 0. The summed E-state index contributed by atoms with van der Waals surface area (Å²) in [4.78, 5) is 16.3. The fourth-order valence-corrected chi connectivity index (χ4v) is 1.46. The summed E-state index contributed by atoms with van der Waals surface area (Å²) in [6.07, 6.45) is 0. The van der Waals surface area contributed by atoms with E-state index in [1.165, 1.54) is 0 Å². The number of hydrogen-bond acceptors (Lipinski definition) is 3. The minimum Gasteiger partial charge on any atom is -0.388 e. The summed E-state index contributed by atoms with van der Waals surface area (Å²) in [6, 6.07) is 3.65. The van der Waals surface area contributed by atoms with Gasteiger partial charge in [-0.3, -0.25) is 4.79 Å². The van der Waals surface area contributed by atoms with E-state index in [0.717, 1.165) is 11.3 Å². The van der Waals surface area contributed by atoms with Crippen molar-refractivity contribution in [1.29, 1.82) is 0 Å². The molecule has 1 aromatic heterocycles. The number of pyridine rings is 1. The van der Waals surface area contributed by atoms with E-state index in [-0.39, 0.29) is 5.91 Å². The number of nitrogens with one attached hydrogen (secondary N) is 1. The van der Waals surface area contributed by atoms with Gasteiger partial charge in [0.05, 0.1) is 11.1 Å². The van der Waals surface area contributed by atoms with E-state index in [2.05, 4.69) is 10.3 Å². The summed E-state index contributed by atoms with van der Waals surface area (Å²) in [5.41, 5.74) is 0.435. The number of carbonyl (C=O) groups is 1. The van der Waals surface area contributed by atoms with E-state index in [0.29, 0.717) is 5.69 Å². The molecule has 0 unspecified atom stereocenters. The second kappa shape index (κ2) is 4.69. The Morgan fingerprint density at radius 3 is 2.22 bits per heavy atom. The maximum atomic E-state index is 12.1.